The highest BCUT2D eigenvalue weighted by atomic mass is 79.9. The van der Waals surface area contributed by atoms with Gasteiger partial charge in [-0.3, -0.25) is 4.79 Å². The zero-order valence-corrected chi connectivity index (χ0v) is 11.5. The molecule has 94 valence electrons. The van der Waals surface area contributed by atoms with Crippen LogP contribution in [-0.4, -0.2) is 40.4 Å². The van der Waals surface area contributed by atoms with Crippen molar-refractivity contribution in [3.05, 3.63) is 10.8 Å². The molecular formula is C10H16BrN5O. The third-order valence-corrected chi connectivity index (χ3v) is 3.12. The van der Waals surface area contributed by atoms with Gasteiger partial charge in [-0.15, -0.1) is 0 Å². The number of hydrogen-bond donors (Lipinski definition) is 2. The molecule has 0 spiro atoms. The number of hydrogen-bond acceptors (Lipinski definition) is 5. The Hall–Kier alpha value is -1.37. The van der Waals surface area contributed by atoms with Crippen LogP contribution in [0, 0.1) is 0 Å². The van der Waals surface area contributed by atoms with Crippen LogP contribution in [0.15, 0.2) is 10.8 Å². The highest BCUT2D eigenvalue weighted by molar-refractivity contribution is 9.10. The highest BCUT2D eigenvalue weighted by Crippen LogP contribution is 2.23. The van der Waals surface area contributed by atoms with Gasteiger partial charge in [0.1, 0.15) is 22.4 Å². The van der Waals surface area contributed by atoms with Gasteiger partial charge in [0.05, 0.1) is 6.54 Å². The van der Waals surface area contributed by atoms with E-state index in [9.17, 15) is 4.79 Å². The second-order valence-electron chi connectivity index (χ2n) is 3.34. The quantitative estimate of drug-likeness (QED) is 0.851. The van der Waals surface area contributed by atoms with Gasteiger partial charge in [-0.1, -0.05) is 0 Å². The second-order valence-corrected chi connectivity index (χ2v) is 4.13. The molecule has 7 heteroatoms. The average molecular weight is 302 g/mol. The Balaban J connectivity index is 2.61. The Morgan fingerprint density at radius 2 is 2.12 bits per heavy atom. The van der Waals surface area contributed by atoms with Crippen LogP contribution in [0.4, 0.5) is 11.6 Å². The number of anilines is 2. The lowest BCUT2D eigenvalue weighted by Gasteiger charge is -2.19. The molecule has 6 nitrogen and oxygen atoms in total. The van der Waals surface area contributed by atoms with E-state index in [4.69, 9.17) is 5.73 Å². The van der Waals surface area contributed by atoms with Crippen molar-refractivity contribution in [2.45, 2.75) is 13.8 Å². The third-order valence-electron chi connectivity index (χ3n) is 2.34. The Bertz CT molecular complexity index is 394. The largest absolute Gasteiger partial charge is 0.383 e. The minimum Gasteiger partial charge on any atom is -0.383 e. The van der Waals surface area contributed by atoms with E-state index < -0.39 is 0 Å². The maximum atomic E-state index is 11.7. The molecule has 0 saturated heterocycles. The Morgan fingerprint density at radius 1 is 1.47 bits per heavy atom. The van der Waals surface area contributed by atoms with Crippen molar-refractivity contribution in [1.82, 2.24) is 14.9 Å². The molecule has 0 fully saturated rings. The fourth-order valence-corrected chi connectivity index (χ4v) is 1.70. The molecule has 0 radical (unpaired) electrons. The van der Waals surface area contributed by atoms with Crippen molar-refractivity contribution in [3.8, 4) is 0 Å². The first-order valence-electron chi connectivity index (χ1n) is 5.37. The first-order valence-corrected chi connectivity index (χ1v) is 6.17. The standard InChI is InChI=1S/C10H16BrN5O/c1-3-16(4-2)7(17)5-13-10-8(11)9(12)14-6-15-10/h6H,3-5H2,1-2H3,(H3,12,13,14,15). The lowest BCUT2D eigenvalue weighted by Crippen LogP contribution is -2.35. The number of rotatable bonds is 5. The molecule has 3 N–H and O–H groups in total. The minimum absolute atomic E-state index is 0.0269. The molecule has 0 saturated carbocycles. The molecule has 1 aromatic heterocycles. The van der Waals surface area contributed by atoms with Crippen molar-refractivity contribution in [2.24, 2.45) is 0 Å². The highest BCUT2D eigenvalue weighted by Gasteiger charge is 2.11. The number of nitrogens with zero attached hydrogens (tertiary/aromatic N) is 3. The van der Waals surface area contributed by atoms with E-state index in [1.54, 1.807) is 4.90 Å². The molecule has 0 unspecified atom stereocenters. The summed E-state index contributed by atoms with van der Waals surface area (Å²) < 4.78 is 0.576. The van der Waals surface area contributed by atoms with Crippen LogP contribution in [0.25, 0.3) is 0 Å². The molecule has 0 aliphatic heterocycles. The predicted octanol–water partition coefficient (Wildman–Crippen LogP) is 1.10. The van der Waals surface area contributed by atoms with Gasteiger partial charge in [-0.2, -0.15) is 0 Å². The van der Waals surface area contributed by atoms with Crippen molar-refractivity contribution >= 4 is 33.5 Å². The average Bonchev–Trinajstić information content (AvgIpc) is 2.32. The van der Waals surface area contributed by atoms with Crippen LogP contribution in [0.3, 0.4) is 0 Å². The monoisotopic (exact) mass is 301 g/mol. The first kappa shape index (κ1) is 13.7. The summed E-state index contributed by atoms with van der Waals surface area (Å²) in [6.45, 7) is 5.48. The molecule has 1 amide bonds. The van der Waals surface area contributed by atoms with Gasteiger partial charge >= 0.3 is 0 Å². The summed E-state index contributed by atoms with van der Waals surface area (Å²) in [5, 5.41) is 2.93. The second kappa shape index (κ2) is 6.39. The zero-order valence-electron chi connectivity index (χ0n) is 9.90. The molecule has 1 aromatic rings. The molecule has 0 atom stereocenters. The molecule has 0 aliphatic carbocycles. The number of aromatic nitrogens is 2. The van der Waals surface area contributed by atoms with Crippen LogP contribution >= 0.6 is 15.9 Å². The summed E-state index contributed by atoms with van der Waals surface area (Å²) in [6.07, 6.45) is 1.35. The van der Waals surface area contributed by atoms with Crippen molar-refractivity contribution in [1.29, 1.82) is 0 Å². The maximum absolute atomic E-state index is 11.7. The predicted molar refractivity (Wildman–Crippen MR) is 70.6 cm³/mol. The van der Waals surface area contributed by atoms with Gasteiger partial charge in [0, 0.05) is 13.1 Å². The van der Waals surface area contributed by atoms with Gasteiger partial charge in [-0.05, 0) is 29.8 Å². The molecular weight excluding hydrogens is 286 g/mol. The normalized spacial score (nSPS) is 10.1. The number of carbonyl (C=O) groups excluding carboxylic acids is 1. The SMILES string of the molecule is CCN(CC)C(=O)CNc1ncnc(N)c1Br. The molecule has 17 heavy (non-hydrogen) atoms. The van der Waals surface area contributed by atoms with Crippen LogP contribution in [0.2, 0.25) is 0 Å². The molecule has 1 heterocycles. The van der Waals surface area contributed by atoms with E-state index in [1.807, 2.05) is 13.8 Å². The van der Waals surface area contributed by atoms with E-state index in [2.05, 4.69) is 31.2 Å². The molecule has 0 aromatic carbocycles. The molecule has 1 rings (SSSR count). The Kier molecular flexibility index (Phi) is 5.14. The summed E-state index contributed by atoms with van der Waals surface area (Å²) in [7, 11) is 0. The fourth-order valence-electron chi connectivity index (χ4n) is 1.35. The Labute approximate surface area is 109 Å². The van der Waals surface area contributed by atoms with Crippen LogP contribution in [0.1, 0.15) is 13.8 Å². The van der Waals surface area contributed by atoms with E-state index >= 15 is 0 Å². The number of carbonyl (C=O) groups is 1. The number of nitrogens with one attached hydrogen (secondary N) is 1. The zero-order chi connectivity index (χ0) is 12.8. The summed E-state index contributed by atoms with van der Waals surface area (Å²) >= 11 is 3.26. The number of amides is 1. The summed E-state index contributed by atoms with van der Waals surface area (Å²) in [6, 6.07) is 0. The van der Waals surface area contributed by atoms with Crippen molar-refractivity contribution in [2.75, 3.05) is 30.7 Å². The summed E-state index contributed by atoms with van der Waals surface area (Å²) in [5.41, 5.74) is 5.61. The lowest BCUT2D eigenvalue weighted by atomic mass is 10.4. The summed E-state index contributed by atoms with van der Waals surface area (Å²) in [5.74, 6) is 0.898. The van der Waals surface area contributed by atoms with E-state index in [0.29, 0.717) is 29.2 Å². The third kappa shape index (κ3) is 3.55. The Morgan fingerprint density at radius 3 is 2.71 bits per heavy atom. The fraction of sp³-hybridized carbons (Fsp3) is 0.500. The van der Waals surface area contributed by atoms with Gasteiger partial charge < -0.3 is 16.0 Å². The first-order chi connectivity index (χ1) is 8.10. The van der Waals surface area contributed by atoms with Gasteiger partial charge in [-0.25, -0.2) is 9.97 Å². The number of nitrogens with two attached hydrogens (primary N) is 1. The van der Waals surface area contributed by atoms with Gasteiger partial charge in [0.2, 0.25) is 5.91 Å². The smallest absolute Gasteiger partial charge is 0.241 e. The van der Waals surface area contributed by atoms with Gasteiger partial charge in [0.15, 0.2) is 0 Å². The van der Waals surface area contributed by atoms with E-state index in [1.165, 1.54) is 6.33 Å². The lowest BCUT2D eigenvalue weighted by molar-refractivity contribution is -0.128. The van der Waals surface area contributed by atoms with Gasteiger partial charge in [0.25, 0.3) is 0 Å². The number of likely N-dealkylation sites (N-methyl/N-ethyl adjacent to an activating group) is 1. The topological polar surface area (TPSA) is 84.1 Å². The number of nitrogen functional groups attached to an aromatic ring is 1. The minimum atomic E-state index is 0.0269. The van der Waals surface area contributed by atoms with E-state index in [-0.39, 0.29) is 12.5 Å². The van der Waals surface area contributed by atoms with Crippen molar-refractivity contribution < 1.29 is 4.79 Å². The van der Waals surface area contributed by atoms with Crippen LogP contribution in [-0.2, 0) is 4.79 Å². The number of halogens is 1. The maximum Gasteiger partial charge on any atom is 0.241 e. The van der Waals surface area contributed by atoms with E-state index in [0.717, 1.165) is 0 Å². The van der Waals surface area contributed by atoms with Crippen LogP contribution < -0.4 is 11.1 Å². The molecule has 0 bridgehead atoms. The molecule has 0 aliphatic rings. The summed E-state index contributed by atoms with van der Waals surface area (Å²) in [4.78, 5) is 21.3. The van der Waals surface area contributed by atoms with Crippen LogP contribution in [0.5, 0.6) is 0 Å². The van der Waals surface area contributed by atoms with Crippen molar-refractivity contribution in [3.63, 3.8) is 0 Å².